The monoisotopic (exact) mass is 398 g/mol. The quantitative estimate of drug-likeness (QED) is 0.778. The average molecular weight is 399 g/mol. The summed E-state index contributed by atoms with van der Waals surface area (Å²) < 4.78 is 38.4. The van der Waals surface area contributed by atoms with Gasteiger partial charge >= 0.3 is 6.18 Å². The molecule has 0 spiro atoms. The van der Waals surface area contributed by atoms with Crippen molar-refractivity contribution in [2.24, 2.45) is 5.92 Å². The Labute approximate surface area is 159 Å². The molecule has 1 aliphatic rings. The minimum Gasteiger partial charge on any atom is -0.355 e. The average Bonchev–Trinajstić information content (AvgIpc) is 2.67. The third kappa shape index (κ3) is 4.50. The van der Waals surface area contributed by atoms with Crippen molar-refractivity contribution in [1.82, 2.24) is 9.97 Å². The zero-order chi connectivity index (χ0) is 19.6. The van der Waals surface area contributed by atoms with Crippen molar-refractivity contribution in [3.63, 3.8) is 0 Å². The van der Waals surface area contributed by atoms with Crippen LogP contribution in [0, 0.1) is 5.92 Å². The van der Waals surface area contributed by atoms with Crippen LogP contribution in [0.25, 0.3) is 0 Å². The van der Waals surface area contributed by atoms with Crippen molar-refractivity contribution in [2.75, 3.05) is 29.9 Å². The van der Waals surface area contributed by atoms with Crippen LogP contribution in [0.3, 0.4) is 0 Å². The fourth-order valence-electron chi connectivity index (χ4n) is 3.00. The Balaban J connectivity index is 1.72. The molecule has 0 bridgehead atoms. The van der Waals surface area contributed by atoms with Gasteiger partial charge in [-0.3, -0.25) is 9.78 Å². The van der Waals surface area contributed by atoms with Gasteiger partial charge in [0.05, 0.1) is 18.3 Å². The molecule has 1 fully saturated rings. The van der Waals surface area contributed by atoms with Gasteiger partial charge in [0.1, 0.15) is 11.5 Å². The number of benzene rings is 1. The van der Waals surface area contributed by atoms with Gasteiger partial charge in [0, 0.05) is 30.8 Å². The number of hydrogen-bond donors (Lipinski definition) is 0. The van der Waals surface area contributed by atoms with E-state index in [9.17, 15) is 18.0 Å². The molecule has 0 aliphatic carbocycles. The van der Waals surface area contributed by atoms with E-state index in [0.29, 0.717) is 16.5 Å². The zero-order valence-electron chi connectivity index (χ0n) is 14.6. The number of nitrogens with zero attached hydrogens (tertiary/aromatic N) is 4. The molecule has 1 aromatic carbocycles. The molecule has 3 rings (SSSR count). The van der Waals surface area contributed by atoms with Gasteiger partial charge in [-0.1, -0.05) is 11.6 Å². The number of piperidine rings is 1. The van der Waals surface area contributed by atoms with Crippen molar-refractivity contribution >= 4 is 29.0 Å². The maximum atomic E-state index is 12.8. The predicted octanol–water partition coefficient (Wildman–Crippen LogP) is 4.19. The van der Waals surface area contributed by atoms with Gasteiger partial charge in [0.25, 0.3) is 5.91 Å². The molecule has 1 aliphatic heterocycles. The number of carbonyl (C=O) groups excluding carboxylic acids is 1. The molecule has 0 N–H and O–H groups in total. The second-order valence-corrected chi connectivity index (χ2v) is 6.84. The van der Waals surface area contributed by atoms with E-state index >= 15 is 0 Å². The second kappa shape index (κ2) is 7.72. The first-order chi connectivity index (χ1) is 12.8. The molecular formula is C18H18ClF3N4O. The van der Waals surface area contributed by atoms with E-state index in [0.717, 1.165) is 0 Å². The first-order valence-corrected chi connectivity index (χ1v) is 8.81. The van der Waals surface area contributed by atoms with Crippen molar-refractivity contribution < 1.29 is 18.0 Å². The SMILES string of the molecule is CN(C(=O)c1cncc(N2CCC(C(F)(F)F)CC2)n1)c1ccc(Cl)cc1. The van der Waals surface area contributed by atoms with Gasteiger partial charge in [-0.05, 0) is 37.1 Å². The Kier molecular flexibility index (Phi) is 5.55. The van der Waals surface area contributed by atoms with Gasteiger partial charge in [0.15, 0.2) is 0 Å². The van der Waals surface area contributed by atoms with E-state index in [1.165, 1.54) is 17.3 Å². The molecular weight excluding hydrogens is 381 g/mol. The Morgan fingerprint density at radius 1 is 1.19 bits per heavy atom. The smallest absolute Gasteiger partial charge is 0.355 e. The van der Waals surface area contributed by atoms with Crippen LogP contribution in [0.5, 0.6) is 0 Å². The Bertz CT molecular complexity index is 805. The molecule has 0 radical (unpaired) electrons. The molecule has 0 unspecified atom stereocenters. The van der Waals surface area contributed by atoms with Crippen LogP contribution in [0.2, 0.25) is 5.02 Å². The summed E-state index contributed by atoms with van der Waals surface area (Å²) in [4.78, 5) is 24.2. The maximum Gasteiger partial charge on any atom is 0.391 e. The summed E-state index contributed by atoms with van der Waals surface area (Å²) >= 11 is 5.86. The molecule has 1 saturated heterocycles. The molecule has 144 valence electrons. The third-order valence-electron chi connectivity index (χ3n) is 4.64. The predicted molar refractivity (Wildman–Crippen MR) is 97.2 cm³/mol. The van der Waals surface area contributed by atoms with Gasteiger partial charge in [0.2, 0.25) is 0 Å². The third-order valence-corrected chi connectivity index (χ3v) is 4.89. The molecule has 9 heteroatoms. The zero-order valence-corrected chi connectivity index (χ0v) is 15.3. The fraction of sp³-hybridized carbons (Fsp3) is 0.389. The lowest BCUT2D eigenvalue weighted by Gasteiger charge is -2.33. The maximum absolute atomic E-state index is 12.8. The molecule has 2 aromatic rings. The van der Waals surface area contributed by atoms with Crippen LogP contribution in [-0.4, -0.2) is 42.2 Å². The minimum absolute atomic E-state index is 0.00797. The number of halogens is 4. The highest BCUT2D eigenvalue weighted by atomic mass is 35.5. The van der Waals surface area contributed by atoms with E-state index in [-0.39, 0.29) is 37.5 Å². The second-order valence-electron chi connectivity index (χ2n) is 6.41. The van der Waals surface area contributed by atoms with Crippen LogP contribution >= 0.6 is 11.6 Å². The highest BCUT2D eigenvalue weighted by Crippen LogP contribution is 2.35. The molecule has 1 amide bonds. The summed E-state index contributed by atoms with van der Waals surface area (Å²) in [6.07, 6.45) is -1.34. The molecule has 27 heavy (non-hydrogen) atoms. The van der Waals surface area contributed by atoms with E-state index < -0.39 is 12.1 Å². The van der Waals surface area contributed by atoms with E-state index in [1.54, 1.807) is 36.2 Å². The van der Waals surface area contributed by atoms with Gasteiger partial charge < -0.3 is 9.80 Å². The summed E-state index contributed by atoms with van der Waals surface area (Å²) in [6, 6.07) is 6.76. The topological polar surface area (TPSA) is 49.3 Å². The lowest BCUT2D eigenvalue weighted by molar-refractivity contribution is -0.179. The van der Waals surface area contributed by atoms with Crippen LogP contribution in [-0.2, 0) is 0 Å². The normalized spacial score (nSPS) is 15.7. The van der Waals surface area contributed by atoms with Gasteiger partial charge in [-0.25, -0.2) is 4.98 Å². The largest absolute Gasteiger partial charge is 0.391 e. The minimum atomic E-state index is -4.17. The summed E-state index contributed by atoms with van der Waals surface area (Å²) in [7, 11) is 1.61. The number of amides is 1. The molecule has 2 heterocycles. The first-order valence-electron chi connectivity index (χ1n) is 8.43. The van der Waals surface area contributed by atoms with Crippen molar-refractivity contribution in [1.29, 1.82) is 0 Å². The fourth-order valence-corrected chi connectivity index (χ4v) is 3.13. The van der Waals surface area contributed by atoms with Crippen LogP contribution in [0.1, 0.15) is 23.3 Å². The summed E-state index contributed by atoms with van der Waals surface area (Å²) in [6.45, 7) is 0.451. The van der Waals surface area contributed by atoms with Crippen molar-refractivity contribution in [3.05, 3.63) is 47.4 Å². The Morgan fingerprint density at radius 2 is 1.81 bits per heavy atom. The lowest BCUT2D eigenvalue weighted by atomic mass is 9.96. The van der Waals surface area contributed by atoms with Crippen LogP contribution < -0.4 is 9.80 Å². The highest BCUT2D eigenvalue weighted by Gasteiger charge is 2.41. The molecule has 0 atom stereocenters. The number of aromatic nitrogens is 2. The number of carbonyl (C=O) groups is 1. The number of hydrogen-bond acceptors (Lipinski definition) is 4. The summed E-state index contributed by atoms with van der Waals surface area (Å²) in [5.41, 5.74) is 0.769. The first kappa shape index (κ1) is 19.4. The Morgan fingerprint density at radius 3 is 2.41 bits per heavy atom. The lowest BCUT2D eigenvalue weighted by Crippen LogP contribution is -2.39. The summed E-state index contributed by atoms with van der Waals surface area (Å²) in [5.74, 6) is -1.25. The number of rotatable bonds is 3. The van der Waals surface area contributed by atoms with Crippen molar-refractivity contribution in [2.45, 2.75) is 19.0 Å². The van der Waals surface area contributed by atoms with Crippen molar-refractivity contribution in [3.8, 4) is 0 Å². The van der Waals surface area contributed by atoms with E-state index in [4.69, 9.17) is 11.6 Å². The van der Waals surface area contributed by atoms with E-state index in [2.05, 4.69) is 9.97 Å². The Hall–Kier alpha value is -2.35. The van der Waals surface area contributed by atoms with E-state index in [1.807, 2.05) is 0 Å². The standard InChI is InChI=1S/C18H18ClF3N4O/c1-25(14-4-2-13(19)3-5-14)17(27)15-10-23-11-16(24-15)26-8-6-12(7-9-26)18(20,21)22/h2-5,10-12H,6-9H2,1H3. The van der Waals surface area contributed by atoms with Gasteiger partial charge in [-0.2, -0.15) is 13.2 Å². The highest BCUT2D eigenvalue weighted by molar-refractivity contribution is 6.30. The molecule has 1 aromatic heterocycles. The number of alkyl halides is 3. The number of anilines is 2. The van der Waals surface area contributed by atoms with Gasteiger partial charge in [-0.15, -0.1) is 0 Å². The summed E-state index contributed by atoms with van der Waals surface area (Å²) in [5, 5.41) is 0.559. The molecule has 5 nitrogen and oxygen atoms in total. The van der Waals surface area contributed by atoms with Crippen LogP contribution in [0.4, 0.5) is 24.7 Å². The molecule has 0 saturated carbocycles. The van der Waals surface area contributed by atoms with Crippen LogP contribution in [0.15, 0.2) is 36.7 Å².